The molecule has 0 saturated carbocycles. The Balaban J connectivity index is 2.36. The van der Waals surface area contributed by atoms with Gasteiger partial charge in [-0.2, -0.15) is 0 Å². The van der Waals surface area contributed by atoms with Crippen molar-refractivity contribution in [2.45, 2.75) is 18.6 Å². The molecule has 0 spiro atoms. The predicted molar refractivity (Wildman–Crippen MR) is 47.6 cm³/mol. The molecule has 2 rings (SSSR count). The summed E-state index contributed by atoms with van der Waals surface area (Å²) in [6.07, 6.45) is 0.173. The summed E-state index contributed by atoms with van der Waals surface area (Å²) in [4.78, 5) is 0. The number of ether oxygens (including phenoxy) is 1. The Hall–Kier alpha value is -1.00. The largest absolute Gasteiger partial charge is 0.372 e. The van der Waals surface area contributed by atoms with E-state index in [-0.39, 0.29) is 11.6 Å². The molecule has 76 valence electrons. The monoisotopic (exact) mass is 199 g/mol. The van der Waals surface area contributed by atoms with E-state index < -0.39 is 17.7 Å². The fourth-order valence-electron chi connectivity index (χ4n) is 1.67. The fourth-order valence-corrected chi connectivity index (χ4v) is 1.67. The molecule has 2 nitrogen and oxygen atoms in total. The van der Waals surface area contributed by atoms with E-state index in [4.69, 9.17) is 10.5 Å². The van der Waals surface area contributed by atoms with Gasteiger partial charge in [0.25, 0.3) is 0 Å². The van der Waals surface area contributed by atoms with E-state index >= 15 is 0 Å². The second-order valence-corrected chi connectivity index (χ2v) is 3.39. The first kappa shape index (κ1) is 9.55. The zero-order valence-corrected chi connectivity index (χ0v) is 7.54. The second kappa shape index (κ2) is 3.63. The Kier molecular flexibility index (Phi) is 2.48. The van der Waals surface area contributed by atoms with Crippen molar-refractivity contribution in [2.75, 3.05) is 6.61 Å². The first-order valence-corrected chi connectivity index (χ1v) is 4.51. The maximum Gasteiger partial charge on any atom is 0.164 e. The van der Waals surface area contributed by atoms with Gasteiger partial charge in [-0.05, 0) is 12.5 Å². The lowest BCUT2D eigenvalue weighted by Gasteiger charge is -2.15. The van der Waals surface area contributed by atoms with E-state index in [1.54, 1.807) is 0 Å². The fraction of sp³-hybridized carbons (Fsp3) is 0.400. The topological polar surface area (TPSA) is 35.2 Å². The van der Waals surface area contributed by atoms with Gasteiger partial charge in [0, 0.05) is 18.2 Å². The van der Waals surface area contributed by atoms with Crippen molar-refractivity contribution >= 4 is 0 Å². The van der Waals surface area contributed by atoms with Crippen LogP contribution in [0.15, 0.2) is 18.2 Å². The van der Waals surface area contributed by atoms with E-state index in [0.717, 1.165) is 6.07 Å². The van der Waals surface area contributed by atoms with Crippen LogP contribution in [-0.4, -0.2) is 12.6 Å². The Bertz CT molecular complexity index is 343. The number of halogens is 2. The third kappa shape index (κ3) is 1.51. The third-order valence-electron chi connectivity index (χ3n) is 2.43. The maximum atomic E-state index is 13.3. The zero-order chi connectivity index (χ0) is 10.1. The van der Waals surface area contributed by atoms with Crippen molar-refractivity contribution in [2.24, 2.45) is 5.73 Å². The third-order valence-corrected chi connectivity index (χ3v) is 2.43. The standard InChI is InChI=1S/C10H11F2NO/c11-7-3-1-2-6(9(7)12)10-8(13)4-5-14-10/h1-3,8,10H,4-5,13H2. The van der Waals surface area contributed by atoms with Crippen LogP contribution in [0.5, 0.6) is 0 Å². The van der Waals surface area contributed by atoms with E-state index in [0.29, 0.717) is 13.0 Å². The van der Waals surface area contributed by atoms with Crippen molar-refractivity contribution in [3.8, 4) is 0 Å². The van der Waals surface area contributed by atoms with Crippen molar-refractivity contribution in [3.63, 3.8) is 0 Å². The molecule has 0 amide bonds. The molecule has 2 atom stereocenters. The van der Waals surface area contributed by atoms with Crippen LogP contribution in [-0.2, 0) is 4.74 Å². The van der Waals surface area contributed by atoms with Gasteiger partial charge in [-0.15, -0.1) is 0 Å². The van der Waals surface area contributed by atoms with Gasteiger partial charge in [-0.25, -0.2) is 8.78 Å². The summed E-state index contributed by atoms with van der Waals surface area (Å²) in [7, 11) is 0. The van der Waals surface area contributed by atoms with Crippen LogP contribution in [0.2, 0.25) is 0 Å². The van der Waals surface area contributed by atoms with Crippen molar-refractivity contribution in [1.82, 2.24) is 0 Å². The second-order valence-electron chi connectivity index (χ2n) is 3.39. The minimum absolute atomic E-state index is 0.218. The molecule has 0 bridgehead atoms. The van der Waals surface area contributed by atoms with Crippen LogP contribution in [0.3, 0.4) is 0 Å². The van der Waals surface area contributed by atoms with Crippen LogP contribution in [0, 0.1) is 11.6 Å². The van der Waals surface area contributed by atoms with Crippen LogP contribution < -0.4 is 5.73 Å². The molecule has 1 aliphatic heterocycles. The molecule has 2 unspecified atom stereocenters. The Morgan fingerprint density at radius 3 is 2.79 bits per heavy atom. The molecular formula is C10H11F2NO. The lowest BCUT2D eigenvalue weighted by molar-refractivity contribution is 0.101. The smallest absolute Gasteiger partial charge is 0.164 e. The number of hydrogen-bond donors (Lipinski definition) is 1. The van der Waals surface area contributed by atoms with Crippen molar-refractivity contribution in [3.05, 3.63) is 35.4 Å². The van der Waals surface area contributed by atoms with Gasteiger partial charge < -0.3 is 10.5 Å². The van der Waals surface area contributed by atoms with Gasteiger partial charge in [0.2, 0.25) is 0 Å². The minimum Gasteiger partial charge on any atom is -0.372 e. The van der Waals surface area contributed by atoms with Gasteiger partial charge in [-0.3, -0.25) is 0 Å². The molecule has 2 N–H and O–H groups in total. The highest BCUT2D eigenvalue weighted by Crippen LogP contribution is 2.30. The minimum atomic E-state index is -0.856. The van der Waals surface area contributed by atoms with Gasteiger partial charge in [0.15, 0.2) is 11.6 Å². The van der Waals surface area contributed by atoms with E-state index in [9.17, 15) is 8.78 Å². The Morgan fingerprint density at radius 1 is 1.36 bits per heavy atom. The van der Waals surface area contributed by atoms with Crippen LogP contribution in [0.4, 0.5) is 8.78 Å². The molecule has 0 radical (unpaired) electrons. The van der Waals surface area contributed by atoms with Gasteiger partial charge in [-0.1, -0.05) is 12.1 Å². The highest BCUT2D eigenvalue weighted by atomic mass is 19.2. The summed E-state index contributed by atoms with van der Waals surface area (Å²) >= 11 is 0. The van der Waals surface area contributed by atoms with E-state index in [1.165, 1.54) is 12.1 Å². The summed E-state index contributed by atoms with van der Waals surface area (Å²) in [6.45, 7) is 0.502. The lowest BCUT2D eigenvalue weighted by atomic mass is 10.0. The molecule has 14 heavy (non-hydrogen) atoms. The lowest BCUT2D eigenvalue weighted by Crippen LogP contribution is -2.24. The van der Waals surface area contributed by atoms with Gasteiger partial charge >= 0.3 is 0 Å². The highest BCUT2D eigenvalue weighted by Gasteiger charge is 2.29. The molecule has 1 aliphatic rings. The summed E-state index contributed by atoms with van der Waals surface area (Å²) in [6, 6.07) is 3.81. The quantitative estimate of drug-likeness (QED) is 0.747. The first-order chi connectivity index (χ1) is 6.70. The van der Waals surface area contributed by atoms with Crippen LogP contribution >= 0.6 is 0 Å². The van der Waals surface area contributed by atoms with Crippen LogP contribution in [0.1, 0.15) is 18.1 Å². The highest BCUT2D eigenvalue weighted by molar-refractivity contribution is 5.23. The van der Waals surface area contributed by atoms with Gasteiger partial charge in [0.1, 0.15) is 6.10 Å². The summed E-state index contributed by atoms with van der Waals surface area (Å²) in [5, 5.41) is 0. The number of hydrogen-bond acceptors (Lipinski definition) is 2. The SMILES string of the molecule is NC1CCOC1c1cccc(F)c1F. The van der Waals surface area contributed by atoms with Crippen molar-refractivity contribution < 1.29 is 13.5 Å². The molecule has 0 aromatic heterocycles. The van der Waals surface area contributed by atoms with Crippen LogP contribution in [0.25, 0.3) is 0 Å². The maximum absolute atomic E-state index is 13.3. The molecule has 0 aliphatic carbocycles. The van der Waals surface area contributed by atoms with Crippen molar-refractivity contribution in [1.29, 1.82) is 0 Å². The number of rotatable bonds is 1. The summed E-state index contributed by atoms with van der Waals surface area (Å²) in [5.74, 6) is -1.71. The molecule has 1 fully saturated rings. The normalized spacial score (nSPS) is 26.8. The zero-order valence-electron chi connectivity index (χ0n) is 7.54. The number of benzene rings is 1. The Labute approximate surface area is 80.7 Å². The Morgan fingerprint density at radius 2 is 2.14 bits per heavy atom. The molecule has 1 aromatic carbocycles. The van der Waals surface area contributed by atoms with E-state index in [1.807, 2.05) is 0 Å². The van der Waals surface area contributed by atoms with Gasteiger partial charge in [0.05, 0.1) is 0 Å². The molecule has 1 saturated heterocycles. The average molecular weight is 199 g/mol. The molecular weight excluding hydrogens is 188 g/mol. The number of nitrogens with two attached hydrogens (primary N) is 1. The predicted octanol–water partition coefficient (Wildman–Crippen LogP) is 1.75. The summed E-state index contributed by atoms with van der Waals surface area (Å²) in [5.41, 5.74) is 5.93. The van der Waals surface area contributed by atoms with E-state index in [2.05, 4.69) is 0 Å². The molecule has 1 heterocycles. The average Bonchev–Trinajstić information content (AvgIpc) is 2.57. The first-order valence-electron chi connectivity index (χ1n) is 4.51. The summed E-state index contributed by atoms with van der Waals surface area (Å²) < 4.78 is 31.5. The molecule has 1 aromatic rings. The molecule has 4 heteroatoms.